The smallest absolute Gasteiger partial charge is 0.337 e. The molecule has 1 heterocycles. The van der Waals surface area contributed by atoms with Crippen LogP contribution in [0.25, 0.3) is 12.2 Å². The molecule has 0 unspecified atom stereocenters. The fraction of sp³-hybridized carbons (Fsp3) is 0.214. The number of rotatable bonds is 6. The van der Waals surface area contributed by atoms with Gasteiger partial charge in [0.25, 0.3) is 11.8 Å². The molecule has 2 amide bonds. The minimum absolute atomic E-state index is 0.0800. The zero-order chi connectivity index (χ0) is 27.7. The Morgan fingerprint density at radius 2 is 0.974 bits per heavy atom. The van der Waals surface area contributed by atoms with Crippen molar-refractivity contribution in [2.45, 2.75) is 0 Å². The number of nitriles is 2. The van der Waals surface area contributed by atoms with Gasteiger partial charge in [-0.25, -0.2) is 9.59 Å². The molecule has 1 aliphatic heterocycles. The number of nitrogens with zero attached hydrogens (tertiary/aromatic N) is 4. The van der Waals surface area contributed by atoms with Gasteiger partial charge in [-0.2, -0.15) is 10.5 Å². The molecule has 0 aliphatic carbocycles. The summed E-state index contributed by atoms with van der Waals surface area (Å²) >= 11 is 0. The van der Waals surface area contributed by atoms with Crippen LogP contribution < -0.4 is 0 Å². The first kappa shape index (κ1) is 27.4. The third-order valence-electron chi connectivity index (χ3n) is 5.84. The molecular formula is C28H24N4O6. The Labute approximate surface area is 219 Å². The van der Waals surface area contributed by atoms with Crippen molar-refractivity contribution < 1.29 is 28.7 Å². The van der Waals surface area contributed by atoms with E-state index in [4.69, 9.17) is 0 Å². The van der Waals surface area contributed by atoms with E-state index in [1.165, 1.54) is 60.4 Å². The molecule has 1 aliphatic rings. The average Bonchev–Trinajstić information content (AvgIpc) is 2.97. The van der Waals surface area contributed by atoms with Crippen LogP contribution in [0, 0.1) is 22.7 Å². The summed E-state index contributed by atoms with van der Waals surface area (Å²) in [6.07, 6.45) is 2.87. The zero-order valence-corrected chi connectivity index (χ0v) is 20.8. The molecule has 1 fully saturated rings. The van der Waals surface area contributed by atoms with E-state index in [9.17, 15) is 29.7 Å². The lowest BCUT2D eigenvalue weighted by Gasteiger charge is -2.34. The average molecular weight is 513 g/mol. The first-order chi connectivity index (χ1) is 18.3. The Hall–Kier alpha value is -5.22. The molecule has 192 valence electrons. The number of hydrogen-bond acceptors (Lipinski definition) is 8. The maximum atomic E-state index is 12.9. The van der Waals surface area contributed by atoms with Gasteiger partial charge in [0.05, 0.1) is 25.3 Å². The van der Waals surface area contributed by atoms with Gasteiger partial charge in [0.2, 0.25) is 0 Å². The van der Waals surface area contributed by atoms with E-state index in [2.05, 4.69) is 9.47 Å². The normalized spacial score (nSPS) is 13.7. The van der Waals surface area contributed by atoms with Crippen molar-refractivity contribution >= 4 is 35.9 Å². The van der Waals surface area contributed by atoms with Gasteiger partial charge < -0.3 is 19.3 Å². The Bertz CT molecular complexity index is 1260. The molecule has 0 saturated carbocycles. The van der Waals surface area contributed by atoms with Crippen LogP contribution in [0.2, 0.25) is 0 Å². The van der Waals surface area contributed by atoms with Crippen molar-refractivity contribution in [3.8, 4) is 12.1 Å². The number of methoxy groups -OCH3 is 2. The highest BCUT2D eigenvalue weighted by molar-refractivity contribution is 6.03. The number of piperazine rings is 1. The SMILES string of the molecule is COC(=O)c1ccc(C=C(C#N)C(=O)N2CCN(C(=O)C(C#N)=Cc3ccc(C(=O)OC)cc3)CC2)cc1. The van der Waals surface area contributed by atoms with Crippen molar-refractivity contribution in [3.05, 3.63) is 81.9 Å². The highest BCUT2D eigenvalue weighted by atomic mass is 16.5. The van der Waals surface area contributed by atoms with Crippen molar-refractivity contribution in [1.82, 2.24) is 9.80 Å². The number of hydrogen-bond donors (Lipinski definition) is 0. The van der Waals surface area contributed by atoms with Crippen molar-refractivity contribution in [2.24, 2.45) is 0 Å². The van der Waals surface area contributed by atoms with Crippen LogP contribution in [0.5, 0.6) is 0 Å². The molecule has 10 nitrogen and oxygen atoms in total. The fourth-order valence-corrected chi connectivity index (χ4v) is 3.74. The minimum Gasteiger partial charge on any atom is -0.465 e. The van der Waals surface area contributed by atoms with Crippen LogP contribution in [0.15, 0.2) is 59.7 Å². The highest BCUT2D eigenvalue weighted by Gasteiger charge is 2.27. The van der Waals surface area contributed by atoms with Crippen molar-refractivity contribution in [3.63, 3.8) is 0 Å². The van der Waals surface area contributed by atoms with Crippen LogP contribution in [0.1, 0.15) is 31.8 Å². The highest BCUT2D eigenvalue weighted by Crippen LogP contribution is 2.16. The molecule has 10 heteroatoms. The Morgan fingerprint density at radius 1 is 0.658 bits per heavy atom. The topological polar surface area (TPSA) is 141 Å². The number of benzene rings is 2. The fourth-order valence-electron chi connectivity index (χ4n) is 3.74. The van der Waals surface area contributed by atoms with E-state index >= 15 is 0 Å². The second-order valence-electron chi connectivity index (χ2n) is 8.15. The predicted molar refractivity (Wildman–Crippen MR) is 136 cm³/mol. The van der Waals surface area contributed by atoms with Crippen LogP contribution in [0.4, 0.5) is 0 Å². The van der Waals surface area contributed by atoms with Gasteiger partial charge in [-0.1, -0.05) is 24.3 Å². The van der Waals surface area contributed by atoms with Crippen LogP contribution in [-0.2, 0) is 19.1 Å². The third kappa shape index (κ3) is 6.50. The summed E-state index contributed by atoms with van der Waals surface area (Å²) in [6, 6.07) is 16.4. The van der Waals surface area contributed by atoms with E-state index in [-0.39, 0.29) is 37.3 Å². The van der Waals surface area contributed by atoms with Gasteiger partial charge in [-0.05, 0) is 47.5 Å². The lowest BCUT2D eigenvalue weighted by molar-refractivity contribution is -0.134. The van der Waals surface area contributed by atoms with Crippen LogP contribution >= 0.6 is 0 Å². The molecule has 38 heavy (non-hydrogen) atoms. The number of esters is 2. The largest absolute Gasteiger partial charge is 0.465 e. The standard InChI is InChI=1S/C28H24N4O6/c1-37-27(35)21-7-3-19(4-8-21)15-23(17-29)25(33)31-11-13-32(14-12-31)26(34)24(18-30)16-20-5-9-22(10-6-20)28(36)38-2/h3-10,15-16H,11-14H2,1-2H3. The summed E-state index contributed by atoms with van der Waals surface area (Å²) in [5, 5.41) is 19.1. The second-order valence-corrected chi connectivity index (χ2v) is 8.15. The Morgan fingerprint density at radius 3 is 1.24 bits per heavy atom. The van der Waals surface area contributed by atoms with E-state index < -0.39 is 23.8 Å². The molecule has 2 aromatic rings. The molecule has 0 N–H and O–H groups in total. The molecule has 1 saturated heterocycles. The van der Waals surface area contributed by atoms with Gasteiger partial charge in [-0.3, -0.25) is 9.59 Å². The number of ether oxygens (including phenoxy) is 2. The predicted octanol–water partition coefficient (Wildman–Crippen LogP) is 2.44. The lowest BCUT2D eigenvalue weighted by atomic mass is 10.1. The number of carbonyl (C=O) groups excluding carboxylic acids is 4. The maximum Gasteiger partial charge on any atom is 0.337 e. The molecule has 0 spiro atoms. The summed E-state index contributed by atoms with van der Waals surface area (Å²) in [4.78, 5) is 51.9. The Balaban J connectivity index is 1.64. The summed E-state index contributed by atoms with van der Waals surface area (Å²) < 4.78 is 9.31. The maximum absolute atomic E-state index is 12.9. The summed E-state index contributed by atoms with van der Waals surface area (Å²) in [6.45, 7) is 0.767. The van der Waals surface area contributed by atoms with Gasteiger partial charge in [0.1, 0.15) is 23.3 Å². The lowest BCUT2D eigenvalue weighted by Crippen LogP contribution is -2.51. The molecule has 0 bridgehead atoms. The van der Waals surface area contributed by atoms with E-state index in [0.29, 0.717) is 22.3 Å². The quantitative estimate of drug-likeness (QED) is 0.326. The summed E-state index contributed by atoms with van der Waals surface area (Å²) in [5.41, 5.74) is 1.67. The van der Waals surface area contributed by atoms with E-state index in [0.717, 1.165) is 0 Å². The van der Waals surface area contributed by atoms with Gasteiger partial charge >= 0.3 is 11.9 Å². The van der Waals surface area contributed by atoms with E-state index in [1.54, 1.807) is 24.3 Å². The van der Waals surface area contributed by atoms with Crippen LogP contribution in [0.3, 0.4) is 0 Å². The molecule has 0 radical (unpaired) electrons. The van der Waals surface area contributed by atoms with Gasteiger partial charge in [-0.15, -0.1) is 0 Å². The minimum atomic E-state index is -0.490. The second kappa shape index (κ2) is 12.7. The Kier molecular flexibility index (Phi) is 9.11. The third-order valence-corrected chi connectivity index (χ3v) is 5.84. The molecular weight excluding hydrogens is 488 g/mol. The summed E-state index contributed by atoms with van der Waals surface area (Å²) in [7, 11) is 2.55. The molecule has 3 rings (SSSR count). The number of amides is 2. The zero-order valence-electron chi connectivity index (χ0n) is 20.8. The first-order valence-corrected chi connectivity index (χ1v) is 11.5. The monoisotopic (exact) mass is 512 g/mol. The van der Waals surface area contributed by atoms with E-state index in [1.807, 2.05) is 12.1 Å². The van der Waals surface area contributed by atoms with Gasteiger partial charge in [0, 0.05) is 26.2 Å². The molecule has 0 aromatic heterocycles. The number of carbonyl (C=O) groups is 4. The van der Waals surface area contributed by atoms with Crippen molar-refractivity contribution in [2.75, 3.05) is 40.4 Å². The summed E-state index contributed by atoms with van der Waals surface area (Å²) in [5.74, 6) is -1.93. The van der Waals surface area contributed by atoms with Gasteiger partial charge in [0.15, 0.2) is 0 Å². The van der Waals surface area contributed by atoms with Crippen LogP contribution in [-0.4, -0.2) is 74.0 Å². The molecule has 2 aromatic carbocycles. The van der Waals surface area contributed by atoms with Crippen molar-refractivity contribution in [1.29, 1.82) is 10.5 Å². The first-order valence-electron chi connectivity index (χ1n) is 11.5. The molecule has 0 atom stereocenters.